The molecule has 1 amide bonds. The lowest BCUT2D eigenvalue weighted by Crippen LogP contribution is -2.56. The second-order valence-corrected chi connectivity index (χ2v) is 9.16. The van der Waals surface area contributed by atoms with Gasteiger partial charge in [0.15, 0.2) is 6.10 Å². The van der Waals surface area contributed by atoms with E-state index in [9.17, 15) is 4.79 Å². The van der Waals surface area contributed by atoms with Gasteiger partial charge in [-0.05, 0) is 42.7 Å². The molecule has 0 aromatic heterocycles. The van der Waals surface area contributed by atoms with Gasteiger partial charge in [-0.15, -0.1) is 0 Å². The van der Waals surface area contributed by atoms with Crippen LogP contribution in [-0.2, 0) is 9.63 Å². The number of piperidine rings is 1. The van der Waals surface area contributed by atoms with Crippen LogP contribution in [0, 0.1) is 0 Å². The van der Waals surface area contributed by atoms with Crippen molar-refractivity contribution in [2.75, 3.05) is 31.2 Å². The lowest BCUT2D eigenvalue weighted by Gasteiger charge is -2.43. The maximum absolute atomic E-state index is 12.8. The van der Waals surface area contributed by atoms with Crippen LogP contribution in [0.15, 0.2) is 64.2 Å². The van der Waals surface area contributed by atoms with Crippen molar-refractivity contribution in [3.8, 4) is 0 Å². The highest BCUT2D eigenvalue weighted by molar-refractivity contribution is 9.10. The van der Waals surface area contributed by atoms with Crippen molar-refractivity contribution in [2.45, 2.75) is 30.9 Å². The monoisotopic (exact) mass is 468 g/mol. The van der Waals surface area contributed by atoms with Gasteiger partial charge in [-0.25, -0.2) is 0 Å². The minimum absolute atomic E-state index is 0.0193. The highest BCUT2D eigenvalue weighted by atomic mass is 79.9. The Kier molecular flexibility index (Phi) is 5.25. The summed E-state index contributed by atoms with van der Waals surface area (Å²) in [7, 11) is 0. The Morgan fingerprint density at radius 2 is 1.83 bits per heavy atom. The van der Waals surface area contributed by atoms with Gasteiger partial charge >= 0.3 is 0 Å². The van der Waals surface area contributed by atoms with Crippen LogP contribution in [0.4, 0.5) is 5.69 Å². The van der Waals surface area contributed by atoms with Crippen LogP contribution in [0.5, 0.6) is 0 Å². The third-order valence-electron chi connectivity index (χ3n) is 6.47. The number of benzene rings is 2. The van der Waals surface area contributed by atoms with Crippen molar-refractivity contribution in [2.24, 2.45) is 5.16 Å². The fourth-order valence-corrected chi connectivity index (χ4v) is 5.02. The normalized spacial score (nSPS) is 23.4. The lowest BCUT2D eigenvalue weighted by molar-refractivity contribution is -0.125. The third kappa shape index (κ3) is 3.61. The Hall–Kier alpha value is -2.38. The number of nitrogens with zero attached hydrogens (tertiary/aromatic N) is 3. The lowest BCUT2D eigenvalue weighted by atomic mass is 9.85. The van der Waals surface area contributed by atoms with Crippen LogP contribution in [0.2, 0.25) is 0 Å². The molecule has 1 N–H and O–H groups in total. The summed E-state index contributed by atoms with van der Waals surface area (Å²) in [5, 5.41) is 7.41. The van der Waals surface area contributed by atoms with Gasteiger partial charge < -0.3 is 15.1 Å². The molecule has 5 rings (SSSR count). The highest BCUT2D eigenvalue weighted by Gasteiger charge is 2.50. The highest BCUT2D eigenvalue weighted by Crippen LogP contribution is 2.37. The van der Waals surface area contributed by atoms with E-state index in [1.807, 2.05) is 30.3 Å². The molecule has 2 aromatic rings. The number of likely N-dealkylation sites (tertiary alicyclic amines) is 1. The van der Waals surface area contributed by atoms with E-state index in [4.69, 9.17) is 4.84 Å². The van der Waals surface area contributed by atoms with Gasteiger partial charge in [0.25, 0.3) is 0 Å². The molecule has 3 aliphatic rings. The van der Waals surface area contributed by atoms with Gasteiger partial charge in [-0.2, -0.15) is 0 Å². The van der Waals surface area contributed by atoms with Crippen LogP contribution < -0.4 is 10.2 Å². The van der Waals surface area contributed by atoms with Crippen molar-refractivity contribution < 1.29 is 9.63 Å². The largest absolute Gasteiger partial charge is 0.387 e. The fourth-order valence-electron chi connectivity index (χ4n) is 4.75. The molecule has 1 atom stereocenters. The molecule has 6 nitrogen and oxygen atoms in total. The first kappa shape index (κ1) is 19.6. The molecule has 1 unspecified atom stereocenters. The zero-order chi connectivity index (χ0) is 20.6. The fraction of sp³-hybridized carbons (Fsp3) is 0.391. The minimum atomic E-state index is -0.453. The molecule has 0 aliphatic carbocycles. The number of hydrogen-bond acceptors (Lipinski definition) is 5. The van der Waals surface area contributed by atoms with Crippen molar-refractivity contribution >= 4 is 33.2 Å². The summed E-state index contributed by atoms with van der Waals surface area (Å²) in [5.74, 6) is 0.149. The first-order valence-electron chi connectivity index (χ1n) is 10.4. The molecule has 156 valence electrons. The Balaban J connectivity index is 1.21. The summed E-state index contributed by atoms with van der Waals surface area (Å²) in [5.41, 5.74) is 2.89. The maximum Gasteiger partial charge on any atom is 0.247 e. The molecule has 30 heavy (non-hydrogen) atoms. The van der Waals surface area contributed by atoms with E-state index in [-0.39, 0.29) is 12.0 Å². The van der Waals surface area contributed by atoms with Crippen LogP contribution in [0.25, 0.3) is 0 Å². The standard InChI is InChI=1S/C23H25BrN4O2/c24-18-6-8-20(9-7-18)28-16-25-22(29)23(28)10-12-27(13-11-23)15-19-14-21(30-26-19)17-4-2-1-3-5-17/h1-9,21H,10-16H2,(H,25,29). The average Bonchev–Trinajstić information content (AvgIpc) is 3.37. The smallest absolute Gasteiger partial charge is 0.247 e. The van der Waals surface area contributed by atoms with E-state index in [1.165, 1.54) is 5.56 Å². The molecular weight excluding hydrogens is 444 g/mol. The summed E-state index contributed by atoms with van der Waals surface area (Å²) in [6.45, 7) is 3.12. The van der Waals surface area contributed by atoms with E-state index >= 15 is 0 Å². The second kappa shape index (κ2) is 8.04. The molecule has 2 fully saturated rings. The van der Waals surface area contributed by atoms with Crippen molar-refractivity contribution in [3.63, 3.8) is 0 Å². The molecule has 3 heterocycles. The first-order valence-corrected chi connectivity index (χ1v) is 11.2. The van der Waals surface area contributed by atoms with Gasteiger partial charge in [-0.3, -0.25) is 9.69 Å². The molecule has 2 saturated heterocycles. The zero-order valence-corrected chi connectivity index (χ0v) is 18.3. The number of anilines is 1. The molecule has 0 saturated carbocycles. The van der Waals surface area contributed by atoms with E-state index in [0.29, 0.717) is 6.67 Å². The molecule has 7 heteroatoms. The number of carbonyl (C=O) groups is 1. The Labute approximate surface area is 185 Å². The number of oxime groups is 1. The minimum Gasteiger partial charge on any atom is -0.387 e. The zero-order valence-electron chi connectivity index (χ0n) is 16.8. The second-order valence-electron chi connectivity index (χ2n) is 8.24. The number of halogens is 1. The van der Waals surface area contributed by atoms with Crippen LogP contribution in [0.3, 0.4) is 0 Å². The molecule has 0 bridgehead atoms. The maximum atomic E-state index is 12.8. The third-order valence-corrected chi connectivity index (χ3v) is 6.99. The summed E-state index contributed by atoms with van der Waals surface area (Å²) >= 11 is 3.49. The average molecular weight is 469 g/mol. The van der Waals surface area contributed by atoms with Crippen molar-refractivity contribution in [1.29, 1.82) is 0 Å². The van der Waals surface area contributed by atoms with Crippen LogP contribution >= 0.6 is 15.9 Å². The van der Waals surface area contributed by atoms with E-state index in [1.54, 1.807) is 0 Å². The first-order chi connectivity index (χ1) is 14.6. The van der Waals surface area contributed by atoms with Crippen molar-refractivity contribution in [1.82, 2.24) is 10.2 Å². The molecular formula is C23H25BrN4O2. The SMILES string of the molecule is O=C1NCN(c2ccc(Br)cc2)C12CCN(CC1=NOC(c3ccccc3)C1)CC2. The Morgan fingerprint density at radius 3 is 2.57 bits per heavy atom. The van der Waals surface area contributed by atoms with Gasteiger partial charge in [-0.1, -0.05) is 51.4 Å². The van der Waals surface area contributed by atoms with E-state index in [0.717, 1.165) is 54.8 Å². The number of carbonyl (C=O) groups excluding carboxylic acids is 1. The van der Waals surface area contributed by atoms with Gasteiger partial charge in [0.2, 0.25) is 5.91 Å². The summed E-state index contributed by atoms with van der Waals surface area (Å²) in [6, 6.07) is 18.5. The van der Waals surface area contributed by atoms with Crippen LogP contribution in [0.1, 0.15) is 30.9 Å². The molecule has 2 aromatic carbocycles. The number of amides is 1. The topological polar surface area (TPSA) is 57.2 Å². The Bertz CT molecular complexity index is 939. The summed E-state index contributed by atoms with van der Waals surface area (Å²) < 4.78 is 1.04. The summed E-state index contributed by atoms with van der Waals surface area (Å²) in [6.07, 6.45) is 2.47. The molecule has 1 spiro atoms. The Morgan fingerprint density at radius 1 is 1.10 bits per heavy atom. The molecule has 3 aliphatic heterocycles. The summed E-state index contributed by atoms with van der Waals surface area (Å²) in [4.78, 5) is 23.1. The van der Waals surface area contributed by atoms with E-state index < -0.39 is 5.54 Å². The number of nitrogens with one attached hydrogen (secondary N) is 1. The van der Waals surface area contributed by atoms with Gasteiger partial charge in [0, 0.05) is 36.2 Å². The number of hydrogen-bond donors (Lipinski definition) is 1. The number of rotatable bonds is 4. The van der Waals surface area contributed by atoms with Gasteiger partial charge in [0.1, 0.15) is 5.54 Å². The predicted molar refractivity (Wildman–Crippen MR) is 120 cm³/mol. The predicted octanol–water partition coefficient (Wildman–Crippen LogP) is 3.70. The molecule has 0 radical (unpaired) electrons. The van der Waals surface area contributed by atoms with Crippen molar-refractivity contribution in [3.05, 3.63) is 64.6 Å². The quantitative estimate of drug-likeness (QED) is 0.742. The van der Waals surface area contributed by atoms with E-state index in [2.05, 4.69) is 60.5 Å². The van der Waals surface area contributed by atoms with Gasteiger partial charge in [0.05, 0.1) is 12.4 Å². The van der Waals surface area contributed by atoms with Crippen LogP contribution in [-0.4, -0.2) is 48.4 Å².